The average Bonchev–Trinajstić information content (AvgIpc) is 2.75. The fourth-order valence-corrected chi connectivity index (χ4v) is 3.33. The molecule has 0 aromatic heterocycles. The molecule has 3 aromatic rings. The maximum atomic E-state index is 12.2. The van der Waals surface area contributed by atoms with Crippen molar-refractivity contribution in [1.82, 2.24) is 0 Å². The predicted molar refractivity (Wildman–Crippen MR) is 123 cm³/mol. The molecule has 0 amide bonds. The van der Waals surface area contributed by atoms with Gasteiger partial charge in [0.25, 0.3) is 0 Å². The van der Waals surface area contributed by atoms with Gasteiger partial charge in [-0.25, -0.2) is 4.79 Å². The van der Waals surface area contributed by atoms with Crippen LogP contribution in [0.25, 0.3) is 0 Å². The van der Waals surface area contributed by atoms with Gasteiger partial charge in [-0.05, 0) is 61.7 Å². The molecule has 0 fully saturated rings. The van der Waals surface area contributed by atoms with E-state index in [2.05, 4.69) is 45.0 Å². The van der Waals surface area contributed by atoms with Crippen LogP contribution in [0.5, 0.6) is 11.5 Å². The summed E-state index contributed by atoms with van der Waals surface area (Å²) in [6.07, 6.45) is -0.774. The summed E-state index contributed by atoms with van der Waals surface area (Å²) in [7, 11) is 1.66. The van der Waals surface area contributed by atoms with E-state index in [4.69, 9.17) is 14.2 Å². The third kappa shape index (κ3) is 5.33. The zero-order valence-corrected chi connectivity index (χ0v) is 19.1. The van der Waals surface area contributed by atoms with Crippen LogP contribution in [0, 0.1) is 6.92 Å². The molecular weight excluding hydrogens is 388 g/mol. The Labute approximate surface area is 184 Å². The number of rotatable bonds is 6. The Hall–Kier alpha value is -3.11. The Morgan fingerprint density at radius 2 is 1.03 bits per heavy atom. The minimum absolute atomic E-state index is 0.162. The van der Waals surface area contributed by atoms with Gasteiger partial charge in [0.1, 0.15) is 11.5 Å². The quantitative estimate of drug-likeness (QED) is 0.327. The minimum atomic E-state index is -0.774. The van der Waals surface area contributed by atoms with Crippen molar-refractivity contribution in [2.45, 2.75) is 45.6 Å². The van der Waals surface area contributed by atoms with Crippen molar-refractivity contribution in [3.63, 3.8) is 0 Å². The van der Waals surface area contributed by atoms with Gasteiger partial charge in [0, 0.05) is 12.5 Å². The molecule has 0 saturated carbocycles. The molecule has 4 heteroatoms. The maximum absolute atomic E-state index is 12.2. The molecule has 31 heavy (non-hydrogen) atoms. The zero-order valence-electron chi connectivity index (χ0n) is 19.1. The smallest absolute Gasteiger partial charge is 0.395 e. The number of hydrogen-bond donors (Lipinski definition) is 0. The van der Waals surface area contributed by atoms with Gasteiger partial charge < -0.3 is 14.2 Å². The summed E-state index contributed by atoms with van der Waals surface area (Å²) in [5, 5.41) is 0. The van der Waals surface area contributed by atoms with E-state index >= 15 is 0 Å². The first-order chi connectivity index (χ1) is 14.6. The number of carbonyl (C=O) groups excluding carboxylic acids is 1. The van der Waals surface area contributed by atoms with Gasteiger partial charge in [0.15, 0.2) is 0 Å². The lowest BCUT2D eigenvalue weighted by Gasteiger charge is -2.26. The molecule has 0 aliphatic carbocycles. The Morgan fingerprint density at radius 1 is 0.645 bits per heavy atom. The van der Waals surface area contributed by atoms with E-state index in [0.717, 1.165) is 11.1 Å². The second-order valence-corrected chi connectivity index (χ2v) is 8.71. The summed E-state index contributed by atoms with van der Waals surface area (Å²) in [5.74, 6) is 0.850. The molecule has 0 radical (unpaired) electrons. The van der Waals surface area contributed by atoms with Gasteiger partial charge in [-0.1, -0.05) is 67.9 Å². The van der Waals surface area contributed by atoms with Crippen molar-refractivity contribution in [1.29, 1.82) is 0 Å². The van der Waals surface area contributed by atoms with E-state index in [0.29, 0.717) is 11.5 Å². The normalized spacial score (nSPS) is 11.8. The minimum Gasteiger partial charge on any atom is -0.395 e. The van der Waals surface area contributed by atoms with Crippen LogP contribution in [-0.2, 0) is 15.8 Å². The second-order valence-electron chi connectivity index (χ2n) is 8.71. The summed E-state index contributed by atoms with van der Waals surface area (Å²) in [5.41, 5.74) is 4.01. The van der Waals surface area contributed by atoms with Gasteiger partial charge in [0.2, 0.25) is 0 Å². The van der Waals surface area contributed by atoms with E-state index in [1.807, 2.05) is 38.1 Å². The van der Waals surface area contributed by atoms with Crippen molar-refractivity contribution in [3.05, 3.63) is 95.1 Å². The third-order valence-corrected chi connectivity index (χ3v) is 5.81. The molecule has 162 valence electrons. The Kier molecular flexibility index (Phi) is 6.51. The molecule has 0 unspecified atom stereocenters. The fraction of sp³-hybridized carbons (Fsp3) is 0.296. The second kappa shape index (κ2) is 8.94. The van der Waals surface area contributed by atoms with E-state index < -0.39 is 11.8 Å². The maximum Gasteiger partial charge on any atom is 0.519 e. The lowest BCUT2D eigenvalue weighted by atomic mass is 9.78. The monoisotopic (exact) mass is 418 g/mol. The molecule has 0 aliphatic rings. The molecule has 3 aromatic carbocycles. The molecule has 3 rings (SSSR count). The summed E-state index contributed by atoms with van der Waals surface area (Å²) in [6.45, 7) is 10.4. The number of ether oxygens (including phenoxy) is 3. The van der Waals surface area contributed by atoms with Crippen molar-refractivity contribution in [2.75, 3.05) is 7.11 Å². The van der Waals surface area contributed by atoms with Gasteiger partial charge in [-0.3, -0.25) is 0 Å². The van der Waals surface area contributed by atoms with Crippen LogP contribution in [0.15, 0.2) is 72.8 Å². The average molecular weight is 419 g/mol. The Morgan fingerprint density at radius 3 is 1.45 bits per heavy atom. The van der Waals surface area contributed by atoms with E-state index in [9.17, 15) is 4.79 Å². The van der Waals surface area contributed by atoms with Gasteiger partial charge in [-0.15, -0.1) is 0 Å². The molecule has 0 atom stereocenters. The predicted octanol–water partition coefficient (Wildman–Crippen LogP) is 6.78. The highest BCUT2D eigenvalue weighted by molar-refractivity contribution is 5.67. The standard InChI is InChI=1S/C27H30O4/c1-19-7-9-20(10-8-19)26(2,3)21-11-15-23(16-12-21)30-25(28)31-24-17-13-22(14-18-24)27(4,5)29-6/h7-18H,1-6H3. The lowest BCUT2D eigenvalue weighted by molar-refractivity contribution is 0.0192. The number of methoxy groups -OCH3 is 1. The summed E-state index contributed by atoms with van der Waals surface area (Å²) < 4.78 is 16.1. The van der Waals surface area contributed by atoms with Crippen LogP contribution in [0.4, 0.5) is 4.79 Å². The molecule has 0 aliphatic heterocycles. The van der Waals surface area contributed by atoms with Crippen molar-refractivity contribution >= 4 is 6.16 Å². The van der Waals surface area contributed by atoms with Crippen molar-refractivity contribution in [2.24, 2.45) is 0 Å². The first kappa shape index (κ1) is 22.6. The first-order valence-corrected chi connectivity index (χ1v) is 10.3. The molecule has 0 bridgehead atoms. The topological polar surface area (TPSA) is 44.8 Å². The zero-order chi connectivity index (χ0) is 22.6. The summed E-state index contributed by atoms with van der Waals surface area (Å²) in [6, 6.07) is 23.3. The molecule has 0 N–H and O–H groups in total. The van der Waals surface area contributed by atoms with Crippen LogP contribution in [0.3, 0.4) is 0 Å². The number of hydrogen-bond acceptors (Lipinski definition) is 4. The van der Waals surface area contributed by atoms with Crippen molar-refractivity contribution < 1.29 is 19.0 Å². The molecule has 0 heterocycles. The highest BCUT2D eigenvalue weighted by Gasteiger charge is 2.23. The van der Waals surface area contributed by atoms with E-state index in [-0.39, 0.29) is 5.41 Å². The Balaban J connectivity index is 1.64. The van der Waals surface area contributed by atoms with Crippen LogP contribution < -0.4 is 9.47 Å². The molecule has 4 nitrogen and oxygen atoms in total. The molecule has 0 saturated heterocycles. The van der Waals surface area contributed by atoms with Gasteiger partial charge >= 0.3 is 6.16 Å². The fourth-order valence-electron chi connectivity index (χ4n) is 3.33. The molecular formula is C27H30O4. The summed E-state index contributed by atoms with van der Waals surface area (Å²) >= 11 is 0. The number of carbonyl (C=O) groups is 1. The van der Waals surface area contributed by atoms with Crippen LogP contribution in [-0.4, -0.2) is 13.3 Å². The lowest BCUT2D eigenvalue weighted by Crippen LogP contribution is -2.19. The highest BCUT2D eigenvalue weighted by atomic mass is 16.7. The largest absolute Gasteiger partial charge is 0.519 e. The molecule has 0 spiro atoms. The first-order valence-electron chi connectivity index (χ1n) is 10.3. The number of benzene rings is 3. The SMILES string of the molecule is COC(C)(C)c1ccc(OC(=O)Oc2ccc(C(C)(C)c3ccc(C)cc3)cc2)cc1. The van der Waals surface area contributed by atoms with Gasteiger partial charge in [0.05, 0.1) is 5.60 Å². The summed E-state index contributed by atoms with van der Waals surface area (Å²) in [4.78, 5) is 12.2. The van der Waals surface area contributed by atoms with Gasteiger partial charge in [-0.2, -0.15) is 0 Å². The third-order valence-electron chi connectivity index (χ3n) is 5.81. The Bertz CT molecular complexity index is 1010. The van der Waals surface area contributed by atoms with Crippen LogP contribution >= 0.6 is 0 Å². The van der Waals surface area contributed by atoms with Crippen LogP contribution in [0.2, 0.25) is 0 Å². The number of aryl methyl sites for hydroxylation is 1. The highest BCUT2D eigenvalue weighted by Crippen LogP contribution is 2.32. The van der Waals surface area contributed by atoms with Crippen LogP contribution in [0.1, 0.15) is 49.9 Å². The van der Waals surface area contributed by atoms with E-state index in [1.54, 1.807) is 31.4 Å². The van der Waals surface area contributed by atoms with Crippen molar-refractivity contribution in [3.8, 4) is 11.5 Å². The van der Waals surface area contributed by atoms with E-state index in [1.165, 1.54) is 11.1 Å².